The van der Waals surface area contributed by atoms with Gasteiger partial charge in [0, 0.05) is 24.7 Å². The Balaban J connectivity index is 2.09. The quantitative estimate of drug-likeness (QED) is 0.888. The molecule has 0 aliphatic carbocycles. The van der Waals surface area contributed by atoms with Crippen LogP contribution in [0.5, 0.6) is 0 Å². The van der Waals surface area contributed by atoms with Gasteiger partial charge in [-0.2, -0.15) is 0 Å². The van der Waals surface area contributed by atoms with Crippen LogP contribution in [-0.2, 0) is 20.6 Å². The SMILES string of the molecule is CCNC(=O)C1CCCN(S(=O)(=O)Cc2ccccc2Cl)C1. The number of halogens is 1. The lowest BCUT2D eigenvalue weighted by Crippen LogP contribution is -2.45. The van der Waals surface area contributed by atoms with E-state index in [1.807, 2.05) is 6.92 Å². The Kier molecular flexibility index (Phi) is 5.83. The third-order valence-electron chi connectivity index (χ3n) is 3.80. The Bertz CT molecular complexity index is 633. The van der Waals surface area contributed by atoms with Gasteiger partial charge in [0.2, 0.25) is 15.9 Å². The van der Waals surface area contributed by atoms with Crippen LogP contribution in [-0.4, -0.2) is 38.3 Å². The number of rotatable bonds is 5. The molecule has 1 aliphatic heterocycles. The zero-order chi connectivity index (χ0) is 16.2. The van der Waals surface area contributed by atoms with Gasteiger partial charge in [-0.15, -0.1) is 0 Å². The molecule has 1 fully saturated rings. The van der Waals surface area contributed by atoms with Crippen LogP contribution in [0.25, 0.3) is 0 Å². The zero-order valence-electron chi connectivity index (χ0n) is 12.6. The lowest BCUT2D eigenvalue weighted by Gasteiger charge is -2.31. The summed E-state index contributed by atoms with van der Waals surface area (Å²) in [5.41, 5.74) is 0.587. The van der Waals surface area contributed by atoms with Gasteiger partial charge < -0.3 is 5.32 Å². The number of sulfonamides is 1. The van der Waals surface area contributed by atoms with Gasteiger partial charge in [-0.25, -0.2) is 12.7 Å². The fourth-order valence-corrected chi connectivity index (χ4v) is 4.55. The van der Waals surface area contributed by atoms with Gasteiger partial charge in [0.15, 0.2) is 0 Å². The van der Waals surface area contributed by atoms with E-state index in [4.69, 9.17) is 11.6 Å². The Morgan fingerprint density at radius 2 is 2.14 bits per heavy atom. The van der Waals surface area contributed by atoms with Gasteiger partial charge in [0.05, 0.1) is 11.7 Å². The van der Waals surface area contributed by atoms with Crippen molar-refractivity contribution in [3.05, 3.63) is 34.9 Å². The number of piperidine rings is 1. The number of nitrogens with one attached hydrogen (secondary N) is 1. The lowest BCUT2D eigenvalue weighted by atomic mass is 9.99. The van der Waals surface area contributed by atoms with Crippen molar-refractivity contribution in [3.8, 4) is 0 Å². The average molecular weight is 345 g/mol. The molecular weight excluding hydrogens is 324 g/mol. The molecule has 0 spiro atoms. The van der Waals surface area contributed by atoms with E-state index in [1.165, 1.54) is 4.31 Å². The Labute approximate surface area is 136 Å². The average Bonchev–Trinajstić information content (AvgIpc) is 2.50. The van der Waals surface area contributed by atoms with E-state index < -0.39 is 10.0 Å². The molecule has 1 heterocycles. The van der Waals surface area contributed by atoms with Crippen LogP contribution in [0.15, 0.2) is 24.3 Å². The summed E-state index contributed by atoms with van der Waals surface area (Å²) in [5.74, 6) is -0.468. The summed E-state index contributed by atoms with van der Waals surface area (Å²) >= 11 is 6.04. The Hall–Kier alpha value is -1.11. The summed E-state index contributed by atoms with van der Waals surface area (Å²) in [6.45, 7) is 3.12. The number of benzene rings is 1. The molecule has 1 aromatic carbocycles. The normalized spacial score (nSPS) is 19.8. The third-order valence-corrected chi connectivity index (χ3v) is 5.96. The Morgan fingerprint density at radius 3 is 2.82 bits per heavy atom. The van der Waals surface area contributed by atoms with Gasteiger partial charge in [0.1, 0.15) is 0 Å². The minimum atomic E-state index is -3.47. The van der Waals surface area contributed by atoms with E-state index in [0.717, 1.165) is 6.42 Å². The smallest absolute Gasteiger partial charge is 0.224 e. The third kappa shape index (κ3) is 4.21. The van der Waals surface area contributed by atoms with E-state index >= 15 is 0 Å². The lowest BCUT2D eigenvalue weighted by molar-refractivity contribution is -0.125. The van der Waals surface area contributed by atoms with Crippen LogP contribution in [0.4, 0.5) is 0 Å². The van der Waals surface area contributed by atoms with E-state index in [1.54, 1.807) is 24.3 Å². The molecule has 1 N–H and O–H groups in total. The van der Waals surface area contributed by atoms with Crippen molar-refractivity contribution < 1.29 is 13.2 Å². The molecule has 1 aromatic rings. The highest BCUT2D eigenvalue weighted by atomic mass is 35.5. The maximum atomic E-state index is 12.6. The molecule has 2 rings (SSSR count). The second-order valence-electron chi connectivity index (χ2n) is 5.44. The predicted molar refractivity (Wildman–Crippen MR) is 87.1 cm³/mol. The molecule has 5 nitrogen and oxygen atoms in total. The number of nitrogens with zero attached hydrogens (tertiary/aromatic N) is 1. The maximum Gasteiger partial charge on any atom is 0.224 e. The first kappa shape index (κ1) is 17.2. The topological polar surface area (TPSA) is 66.5 Å². The molecule has 7 heteroatoms. The van der Waals surface area contributed by atoms with E-state index in [9.17, 15) is 13.2 Å². The van der Waals surface area contributed by atoms with Crippen LogP contribution in [0.2, 0.25) is 5.02 Å². The molecular formula is C15H21ClN2O3S. The minimum Gasteiger partial charge on any atom is -0.356 e. The van der Waals surface area contributed by atoms with E-state index in [0.29, 0.717) is 30.1 Å². The maximum absolute atomic E-state index is 12.6. The van der Waals surface area contributed by atoms with Gasteiger partial charge in [-0.05, 0) is 31.4 Å². The Morgan fingerprint density at radius 1 is 1.41 bits per heavy atom. The van der Waals surface area contributed by atoms with Crippen molar-refractivity contribution in [2.75, 3.05) is 19.6 Å². The molecule has 0 aromatic heterocycles. The van der Waals surface area contributed by atoms with Crippen molar-refractivity contribution in [2.45, 2.75) is 25.5 Å². The minimum absolute atomic E-state index is 0.0693. The van der Waals surface area contributed by atoms with Gasteiger partial charge in [-0.3, -0.25) is 4.79 Å². The summed E-state index contributed by atoms with van der Waals surface area (Å²) in [6.07, 6.45) is 1.42. The molecule has 1 amide bonds. The van der Waals surface area contributed by atoms with Gasteiger partial charge >= 0.3 is 0 Å². The molecule has 0 radical (unpaired) electrons. The summed E-state index contributed by atoms with van der Waals surface area (Å²) in [7, 11) is -3.47. The van der Waals surface area contributed by atoms with Crippen molar-refractivity contribution in [1.82, 2.24) is 9.62 Å². The molecule has 1 aliphatic rings. The van der Waals surface area contributed by atoms with Crippen LogP contribution in [0.3, 0.4) is 0 Å². The standard InChI is InChI=1S/C15H21ClN2O3S/c1-2-17-15(19)12-7-5-9-18(10-12)22(20,21)11-13-6-3-4-8-14(13)16/h3-4,6,8,12H,2,5,7,9-11H2,1H3,(H,17,19). The van der Waals surface area contributed by atoms with Gasteiger partial charge in [-0.1, -0.05) is 29.8 Å². The monoisotopic (exact) mass is 344 g/mol. The highest BCUT2D eigenvalue weighted by molar-refractivity contribution is 7.88. The predicted octanol–water partition coefficient (Wildman–Crippen LogP) is 2.02. The number of hydrogen-bond acceptors (Lipinski definition) is 3. The van der Waals surface area contributed by atoms with Crippen molar-refractivity contribution in [3.63, 3.8) is 0 Å². The molecule has 1 saturated heterocycles. The highest BCUT2D eigenvalue weighted by Gasteiger charge is 2.32. The molecule has 0 bridgehead atoms. The van der Waals surface area contributed by atoms with Crippen molar-refractivity contribution in [1.29, 1.82) is 0 Å². The number of carbonyl (C=O) groups excluding carboxylic acids is 1. The summed E-state index contributed by atoms with van der Waals surface area (Å²) in [5, 5.41) is 3.21. The van der Waals surface area contributed by atoms with E-state index in [-0.39, 0.29) is 24.1 Å². The van der Waals surface area contributed by atoms with Crippen molar-refractivity contribution in [2.24, 2.45) is 5.92 Å². The summed E-state index contributed by atoms with van der Waals surface area (Å²) < 4.78 is 26.6. The molecule has 22 heavy (non-hydrogen) atoms. The zero-order valence-corrected chi connectivity index (χ0v) is 14.2. The summed E-state index contributed by atoms with van der Waals surface area (Å²) in [6, 6.07) is 6.93. The number of amides is 1. The fraction of sp³-hybridized carbons (Fsp3) is 0.533. The first-order valence-electron chi connectivity index (χ1n) is 7.43. The second kappa shape index (κ2) is 7.44. The molecule has 122 valence electrons. The molecule has 1 unspecified atom stereocenters. The highest BCUT2D eigenvalue weighted by Crippen LogP contribution is 2.24. The van der Waals surface area contributed by atoms with Crippen molar-refractivity contribution >= 4 is 27.5 Å². The fourth-order valence-electron chi connectivity index (χ4n) is 2.63. The second-order valence-corrected chi connectivity index (χ2v) is 7.82. The number of hydrogen-bond donors (Lipinski definition) is 1. The van der Waals surface area contributed by atoms with E-state index in [2.05, 4.69) is 5.32 Å². The van der Waals surface area contributed by atoms with Crippen LogP contribution >= 0.6 is 11.6 Å². The molecule has 0 saturated carbocycles. The van der Waals surface area contributed by atoms with Crippen LogP contribution < -0.4 is 5.32 Å². The first-order valence-corrected chi connectivity index (χ1v) is 9.41. The summed E-state index contributed by atoms with van der Waals surface area (Å²) in [4.78, 5) is 11.9. The van der Waals surface area contributed by atoms with Crippen LogP contribution in [0, 0.1) is 5.92 Å². The van der Waals surface area contributed by atoms with Gasteiger partial charge in [0.25, 0.3) is 0 Å². The first-order chi connectivity index (χ1) is 10.4. The van der Waals surface area contributed by atoms with Crippen LogP contribution in [0.1, 0.15) is 25.3 Å². The molecule has 1 atom stereocenters. The number of carbonyl (C=O) groups is 1. The largest absolute Gasteiger partial charge is 0.356 e.